The highest BCUT2D eigenvalue weighted by Gasteiger charge is 2.43. The highest BCUT2D eigenvalue weighted by molar-refractivity contribution is 5.52. The number of hydrogen-bond donors (Lipinski definition) is 0. The van der Waals surface area contributed by atoms with Crippen molar-refractivity contribution in [2.24, 2.45) is 0 Å². The molecule has 2 nitrogen and oxygen atoms in total. The molecule has 0 heterocycles. The average Bonchev–Trinajstić information content (AvgIpc) is 2.87. The molecule has 1 amide bonds. The Morgan fingerprint density at radius 2 is 1.52 bits per heavy atom. The molecule has 0 N–H and O–H groups in total. The Hall–Kier alpha value is -1.31. The highest BCUT2D eigenvalue weighted by Crippen LogP contribution is 2.45. The second-order valence-corrected chi connectivity index (χ2v) is 6.76. The van der Waals surface area contributed by atoms with Crippen molar-refractivity contribution in [2.45, 2.75) is 75.8 Å². The maximum Gasteiger partial charge on any atom is 0.210 e. The van der Waals surface area contributed by atoms with Gasteiger partial charge in [0.25, 0.3) is 0 Å². The van der Waals surface area contributed by atoms with Crippen LogP contribution >= 0.6 is 0 Å². The summed E-state index contributed by atoms with van der Waals surface area (Å²) in [5.74, 6) is 0. The first-order chi connectivity index (χ1) is 10.4. The lowest BCUT2D eigenvalue weighted by Crippen LogP contribution is -2.49. The van der Waals surface area contributed by atoms with Gasteiger partial charge in [0.15, 0.2) is 0 Å². The molecule has 114 valence electrons. The summed E-state index contributed by atoms with van der Waals surface area (Å²) < 4.78 is 0. The van der Waals surface area contributed by atoms with Crippen LogP contribution in [0.15, 0.2) is 30.3 Å². The van der Waals surface area contributed by atoms with E-state index in [4.69, 9.17) is 0 Å². The standard InChI is InChI=1S/C19H27NO/c21-16-20(18-12-6-1-2-7-13-18)19(14-8-9-15-19)17-10-4-3-5-11-17/h3-5,10-11,16,18H,1-2,6-9,12-15H2. The summed E-state index contributed by atoms with van der Waals surface area (Å²) in [4.78, 5) is 14.2. The lowest BCUT2D eigenvalue weighted by Gasteiger charge is -2.44. The quantitative estimate of drug-likeness (QED) is 0.583. The van der Waals surface area contributed by atoms with Gasteiger partial charge in [-0.15, -0.1) is 0 Å². The van der Waals surface area contributed by atoms with Crippen LogP contribution in [0, 0.1) is 0 Å². The number of carbonyl (C=O) groups is 1. The number of carbonyl (C=O) groups excluding carboxylic acids is 1. The van der Waals surface area contributed by atoms with Crippen molar-refractivity contribution in [2.75, 3.05) is 0 Å². The van der Waals surface area contributed by atoms with Gasteiger partial charge in [0, 0.05) is 6.04 Å². The molecule has 3 rings (SSSR count). The lowest BCUT2D eigenvalue weighted by molar-refractivity contribution is -0.128. The molecule has 1 aromatic rings. The Balaban J connectivity index is 1.92. The molecule has 1 aromatic carbocycles. The van der Waals surface area contributed by atoms with Crippen LogP contribution in [-0.4, -0.2) is 17.4 Å². The number of rotatable bonds is 4. The average molecular weight is 285 g/mol. The molecule has 0 bridgehead atoms. The Kier molecular flexibility index (Phi) is 4.62. The topological polar surface area (TPSA) is 20.3 Å². The van der Waals surface area contributed by atoms with Gasteiger partial charge in [0.1, 0.15) is 0 Å². The van der Waals surface area contributed by atoms with Crippen LogP contribution in [-0.2, 0) is 10.3 Å². The van der Waals surface area contributed by atoms with E-state index in [0.29, 0.717) is 6.04 Å². The van der Waals surface area contributed by atoms with Gasteiger partial charge < -0.3 is 4.90 Å². The number of benzene rings is 1. The normalized spacial score (nSPS) is 22.7. The van der Waals surface area contributed by atoms with Crippen LogP contribution < -0.4 is 0 Å². The first-order valence-corrected chi connectivity index (χ1v) is 8.66. The minimum Gasteiger partial charge on any atom is -0.333 e. The van der Waals surface area contributed by atoms with Crippen molar-refractivity contribution in [3.8, 4) is 0 Å². The van der Waals surface area contributed by atoms with Gasteiger partial charge in [-0.2, -0.15) is 0 Å². The highest BCUT2D eigenvalue weighted by atomic mass is 16.1. The van der Waals surface area contributed by atoms with E-state index in [2.05, 4.69) is 35.2 Å². The van der Waals surface area contributed by atoms with E-state index in [-0.39, 0.29) is 5.54 Å². The predicted octanol–water partition coefficient (Wildman–Crippen LogP) is 4.64. The lowest BCUT2D eigenvalue weighted by atomic mass is 9.84. The minimum absolute atomic E-state index is 0.0297. The van der Waals surface area contributed by atoms with Crippen LogP contribution in [0.25, 0.3) is 0 Å². The molecule has 0 saturated heterocycles. The van der Waals surface area contributed by atoms with Crippen LogP contribution in [0.5, 0.6) is 0 Å². The van der Waals surface area contributed by atoms with E-state index >= 15 is 0 Å². The Labute approximate surface area is 128 Å². The fraction of sp³-hybridized carbons (Fsp3) is 0.632. The van der Waals surface area contributed by atoms with Crippen molar-refractivity contribution in [3.05, 3.63) is 35.9 Å². The molecule has 2 heteroatoms. The molecule has 2 saturated carbocycles. The van der Waals surface area contributed by atoms with Gasteiger partial charge in [0.05, 0.1) is 5.54 Å². The zero-order valence-electron chi connectivity index (χ0n) is 13.0. The van der Waals surface area contributed by atoms with E-state index < -0.39 is 0 Å². The molecule has 2 aliphatic rings. The molecule has 21 heavy (non-hydrogen) atoms. The first kappa shape index (κ1) is 14.6. The molecule has 2 fully saturated rings. The van der Waals surface area contributed by atoms with Crippen molar-refractivity contribution in [3.63, 3.8) is 0 Å². The van der Waals surface area contributed by atoms with Gasteiger partial charge >= 0.3 is 0 Å². The van der Waals surface area contributed by atoms with E-state index in [1.807, 2.05) is 0 Å². The van der Waals surface area contributed by atoms with Gasteiger partial charge in [-0.25, -0.2) is 0 Å². The minimum atomic E-state index is -0.0297. The van der Waals surface area contributed by atoms with Gasteiger partial charge in [-0.05, 0) is 31.2 Å². The monoisotopic (exact) mass is 285 g/mol. The van der Waals surface area contributed by atoms with Gasteiger partial charge in [-0.3, -0.25) is 4.79 Å². The molecule has 0 spiro atoms. The largest absolute Gasteiger partial charge is 0.333 e. The van der Waals surface area contributed by atoms with E-state index in [1.54, 1.807) is 0 Å². The van der Waals surface area contributed by atoms with E-state index in [0.717, 1.165) is 19.3 Å². The first-order valence-electron chi connectivity index (χ1n) is 8.66. The Morgan fingerprint density at radius 1 is 0.905 bits per heavy atom. The molecule has 0 aliphatic heterocycles. The zero-order valence-corrected chi connectivity index (χ0v) is 13.0. The third-order valence-corrected chi connectivity index (χ3v) is 5.57. The second-order valence-electron chi connectivity index (χ2n) is 6.76. The van der Waals surface area contributed by atoms with Crippen LogP contribution in [0.4, 0.5) is 0 Å². The third-order valence-electron chi connectivity index (χ3n) is 5.57. The zero-order chi connectivity index (χ0) is 14.5. The van der Waals surface area contributed by atoms with E-state index in [9.17, 15) is 4.79 Å². The molecule has 2 aliphatic carbocycles. The number of amides is 1. The van der Waals surface area contributed by atoms with Crippen LogP contribution in [0.1, 0.15) is 69.8 Å². The van der Waals surface area contributed by atoms with E-state index in [1.165, 1.54) is 56.9 Å². The van der Waals surface area contributed by atoms with Crippen LogP contribution in [0.2, 0.25) is 0 Å². The summed E-state index contributed by atoms with van der Waals surface area (Å²) in [6.45, 7) is 0. The fourth-order valence-electron chi connectivity index (χ4n) is 4.48. The summed E-state index contributed by atoms with van der Waals surface area (Å²) in [6, 6.07) is 11.2. The van der Waals surface area contributed by atoms with Crippen molar-refractivity contribution in [1.29, 1.82) is 0 Å². The summed E-state index contributed by atoms with van der Waals surface area (Å²) >= 11 is 0. The van der Waals surface area contributed by atoms with Gasteiger partial charge in [0.2, 0.25) is 6.41 Å². The Morgan fingerprint density at radius 3 is 2.10 bits per heavy atom. The predicted molar refractivity (Wildman–Crippen MR) is 86.0 cm³/mol. The number of nitrogens with zero attached hydrogens (tertiary/aromatic N) is 1. The number of hydrogen-bond acceptors (Lipinski definition) is 1. The van der Waals surface area contributed by atoms with Crippen LogP contribution in [0.3, 0.4) is 0 Å². The van der Waals surface area contributed by atoms with Gasteiger partial charge in [-0.1, -0.05) is 68.9 Å². The molecule has 0 aromatic heterocycles. The van der Waals surface area contributed by atoms with Crippen molar-refractivity contribution in [1.82, 2.24) is 4.90 Å². The fourth-order valence-corrected chi connectivity index (χ4v) is 4.48. The molecule has 0 atom stereocenters. The molecule has 0 radical (unpaired) electrons. The maximum absolute atomic E-state index is 12.0. The Bertz CT molecular complexity index is 442. The molecular formula is C19H27NO. The summed E-state index contributed by atoms with van der Waals surface area (Å²) in [5, 5.41) is 0. The summed E-state index contributed by atoms with van der Waals surface area (Å²) in [7, 11) is 0. The maximum atomic E-state index is 12.0. The van der Waals surface area contributed by atoms with Crippen molar-refractivity contribution >= 4 is 6.41 Å². The third kappa shape index (κ3) is 2.86. The van der Waals surface area contributed by atoms with Crippen molar-refractivity contribution < 1.29 is 4.79 Å². The summed E-state index contributed by atoms with van der Waals surface area (Å²) in [6.07, 6.45) is 13.5. The molecular weight excluding hydrogens is 258 g/mol. The summed E-state index contributed by atoms with van der Waals surface area (Å²) in [5.41, 5.74) is 1.32. The molecule has 0 unspecified atom stereocenters. The smallest absolute Gasteiger partial charge is 0.210 e. The second kappa shape index (κ2) is 6.64. The SMILES string of the molecule is O=CN(C1CCCCCC1)C1(c2ccccc2)CCCC1.